The minimum Gasteiger partial charge on any atom is -0.290 e. The van der Waals surface area contributed by atoms with E-state index >= 15 is 0 Å². The molecule has 0 unspecified atom stereocenters. The summed E-state index contributed by atoms with van der Waals surface area (Å²) in [5, 5.41) is 0. The molecule has 7 heavy (non-hydrogen) atoms. The van der Waals surface area contributed by atoms with Crippen LogP contribution in [0.25, 0.3) is 0 Å². The molecule has 0 amide bonds. The van der Waals surface area contributed by atoms with Crippen molar-refractivity contribution in [2.24, 2.45) is 0 Å². The fraction of sp³-hybridized carbons (Fsp3) is 0. The van der Waals surface area contributed by atoms with E-state index in [1.807, 2.05) is 0 Å². The second-order valence-electron chi connectivity index (χ2n) is 0.992. The van der Waals surface area contributed by atoms with Crippen molar-refractivity contribution < 1.29 is 9.59 Å². The normalized spacial score (nSPS) is 7.57. The first-order valence-electron chi connectivity index (χ1n) is 1.71. The van der Waals surface area contributed by atoms with E-state index < -0.39 is 11.6 Å². The topological polar surface area (TPSA) is 34.1 Å². The zero-order valence-electron chi connectivity index (χ0n) is 3.81. The Morgan fingerprint density at radius 1 is 1.43 bits per heavy atom. The van der Waals surface area contributed by atoms with Gasteiger partial charge in [0, 0.05) is 6.92 Å². The Labute approximate surface area is 41.8 Å². The van der Waals surface area contributed by atoms with Gasteiger partial charge in [0.15, 0.2) is 0 Å². The number of rotatable bonds is 2. The molecule has 0 saturated heterocycles. The van der Waals surface area contributed by atoms with Crippen LogP contribution >= 0.6 is 0 Å². The van der Waals surface area contributed by atoms with Crippen LogP contribution in [0.2, 0.25) is 0 Å². The molecule has 0 fully saturated rings. The van der Waals surface area contributed by atoms with Gasteiger partial charge in [0.05, 0.1) is 0 Å². The second kappa shape index (κ2) is 2.29. The molecule has 0 aliphatic rings. The van der Waals surface area contributed by atoms with Gasteiger partial charge in [0.1, 0.15) is 0 Å². The molecule has 0 aliphatic heterocycles. The van der Waals surface area contributed by atoms with Crippen LogP contribution in [-0.4, -0.2) is 11.6 Å². The Bertz CT molecular complexity index is 113. The molecule has 0 atom stereocenters. The van der Waals surface area contributed by atoms with E-state index in [1.54, 1.807) is 0 Å². The fourth-order valence-electron chi connectivity index (χ4n) is 0.114. The van der Waals surface area contributed by atoms with E-state index in [0.29, 0.717) is 0 Å². The number of hydrogen-bond acceptors (Lipinski definition) is 2. The molecule has 0 aliphatic carbocycles. The Balaban J connectivity index is 3.81. The summed E-state index contributed by atoms with van der Waals surface area (Å²) in [5.74, 6) is -1.35. The van der Waals surface area contributed by atoms with Crippen LogP contribution < -0.4 is 0 Å². The highest BCUT2D eigenvalue weighted by Gasteiger charge is 1.98. The first-order valence-corrected chi connectivity index (χ1v) is 1.71. The van der Waals surface area contributed by atoms with Crippen LogP contribution in [0.1, 0.15) is 0 Å². The Hall–Kier alpha value is -0.920. The Morgan fingerprint density at radius 2 is 1.86 bits per heavy atom. The SMILES string of the molecule is [CH2]C(=O)C(=O)C=C. The molecule has 0 rings (SSSR count). The summed E-state index contributed by atoms with van der Waals surface area (Å²) in [6.45, 7) is 5.92. The van der Waals surface area contributed by atoms with Gasteiger partial charge in [-0.2, -0.15) is 0 Å². The molecule has 0 heterocycles. The molecule has 2 heteroatoms. The smallest absolute Gasteiger partial charge is 0.220 e. The number of carbonyl (C=O) groups is 2. The second-order valence-corrected chi connectivity index (χ2v) is 0.992. The summed E-state index contributed by atoms with van der Waals surface area (Å²) < 4.78 is 0. The Kier molecular flexibility index (Phi) is 1.99. The maximum absolute atomic E-state index is 9.98. The molecule has 0 aromatic heterocycles. The van der Waals surface area contributed by atoms with Crippen molar-refractivity contribution in [1.82, 2.24) is 0 Å². The predicted octanol–water partition coefficient (Wildman–Crippen LogP) is 0.145. The highest BCUT2D eigenvalue weighted by Crippen LogP contribution is 1.71. The standard InChI is InChI=1S/C5H5O2/c1-3-5(7)4(2)6/h3H,1-2H2. The van der Waals surface area contributed by atoms with E-state index in [-0.39, 0.29) is 0 Å². The van der Waals surface area contributed by atoms with Gasteiger partial charge < -0.3 is 0 Å². The van der Waals surface area contributed by atoms with Gasteiger partial charge in [-0.05, 0) is 6.08 Å². The van der Waals surface area contributed by atoms with Gasteiger partial charge >= 0.3 is 0 Å². The zero-order chi connectivity index (χ0) is 5.86. The zero-order valence-corrected chi connectivity index (χ0v) is 3.81. The molecule has 0 aromatic carbocycles. The third-order valence-corrected chi connectivity index (χ3v) is 0.460. The summed E-state index contributed by atoms with van der Waals surface area (Å²) in [6, 6.07) is 0. The lowest BCUT2D eigenvalue weighted by Gasteiger charge is -1.76. The van der Waals surface area contributed by atoms with Gasteiger partial charge in [-0.25, -0.2) is 0 Å². The van der Waals surface area contributed by atoms with Crippen molar-refractivity contribution in [3.8, 4) is 0 Å². The van der Waals surface area contributed by atoms with Crippen molar-refractivity contribution in [2.45, 2.75) is 0 Å². The maximum atomic E-state index is 9.98. The van der Waals surface area contributed by atoms with Crippen LogP contribution in [0.4, 0.5) is 0 Å². The van der Waals surface area contributed by atoms with E-state index in [1.165, 1.54) is 0 Å². The molecule has 2 nitrogen and oxygen atoms in total. The van der Waals surface area contributed by atoms with Crippen molar-refractivity contribution in [1.29, 1.82) is 0 Å². The van der Waals surface area contributed by atoms with Crippen molar-refractivity contribution >= 4 is 11.6 Å². The number of ketones is 2. The minimum atomic E-state index is -0.713. The lowest BCUT2D eigenvalue weighted by atomic mass is 10.3. The number of allylic oxidation sites excluding steroid dienone is 1. The predicted molar refractivity (Wildman–Crippen MR) is 25.6 cm³/mol. The van der Waals surface area contributed by atoms with Crippen molar-refractivity contribution in [2.75, 3.05) is 0 Å². The number of carbonyl (C=O) groups excluding carboxylic acids is 2. The lowest BCUT2D eigenvalue weighted by Crippen LogP contribution is -2.03. The average molecular weight is 97.1 g/mol. The first kappa shape index (κ1) is 6.08. The maximum Gasteiger partial charge on any atom is 0.220 e. The highest BCUT2D eigenvalue weighted by atomic mass is 16.2. The summed E-state index contributed by atoms with van der Waals surface area (Å²) in [5.41, 5.74) is 0. The largest absolute Gasteiger partial charge is 0.290 e. The van der Waals surface area contributed by atoms with Gasteiger partial charge in [-0.1, -0.05) is 6.58 Å². The van der Waals surface area contributed by atoms with E-state index in [4.69, 9.17) is 0 Å². The fourth-order valence-corrected chi connectivity index (χ4v) is 0.114. The highest BCUT2D eigenvalue weighted by molar-refractivity contribution is 6.43. The van der Waals surface area contributed by atoms with Gasteiger partial charge in [0.2, 0.25) is 11.6 Å². The summed E-state index contributed by atoms with van der Waals surface area (Å²) in [4.78, 5) is 19.8. The Morgan fingerprint density at radius 3 is 1.86 bits per heavy atom. The van der Waals surface area contributed by atoms with Gasteiger partial charge in [0.25, 0.3) is 0 Å². The summed E-state index contributed by atoms with van der Waals surface area (Å²) >= 11 is 0. The van der Waals surface area contributed by atoms with E-state index in [9.17, 15) is 9.59 Å². The van der Waals surface area contributed by atoms with E-state index in [2.05, 4.69) is 13.5 Å². The minimum absolute atomic E-state index is 0.639. The van der Waals surface area contributed by atoms with Crippen molar-refractivity contribution in [3.63, 3.8) is 0 Å². The quantitative estimate of drug-likeness (QED) is 0.363. The molecule has 0 aromatic rings. The van der Waals surface area contributed by atoms with E-state index in [0.717, 1.165) is 6.08 Å². The lowest BCUT2D eigenvalue weighted by molar-refractivity contribution is -0.131. The van der Waals surface area contributed by atoms with Crippen LogP contribution in [0.3, 0.4) is 0 Å². The molecule has 0 N–H and O–H groups in total. The van der Waals surface area contributed by atoms with Gasteiger partial charge in [-0.3, -0.25) is 9.59 Å². The summed E-state index contributed by atoms with van der Waals surface area (Å²) in [7, 11) is 0. The van der Waals surface area contributed by atoms with Gasteiger partial charge in [-0.15, -0.1) is 0 Å². The average Bonchev–Trinajstić information content (AvgIpc) is 1.65. The molecular weight excluding hydrogens is 92.1 g/mol. The van der Waals surface area contributed by atoms with Crippen LogP contribution in [0, 0.1) is 6.92 Å². The number of Topliss-reactive ketones (excluding diaryl/α,β-unsaturated/α-hetero) is 1. The molecule has 1 radical (unpaired) electrons. The van der Waals surface area contributed by atoms with Crippen LogP contribution in [0.5, 0.6) is 0 Å². The monoisotopic (exact) mass is 97.0 g/mol. The van der Waals surface area contributed by atoms with Crippen LogP contribution in [-0.2, 0) is 9.59 Å². The number of hydrogen-bond donors (Lipinski definition) is 0. The third-order valence-electron chi connectivity index (χ3n) is 0.460. The molecule has 0 bridgehead atoms. The molecule has 0 spiro atoms. The third kappa shape index (κ3) is 1.87. The first-order chi connectivity index (χ1) is 3.18. The summed E-state index contributed by atoms with van der Waals surface area (Å²) in [6.07, 6.45) is 0.940. The molecular formula is C5H5O2. The molecule has 0 saturated carbocycles. The van der Waals surface area contributed by atoms with Crippen LogP contribution in [0.15, 0.2) is 12.7 Å². The molecule has 37 valence electrons. The van der Waals surface area contributed by atoms with Crippen molar-refractivity contribution in [3.05, 3.63) is 19.6 Å².